The minimum atomic E-state index is -0.454. The van der Waals surface area contributed by atoms with Gasteiger partial charge in [-0.3, -0.25) is 0 Å². The van der Waals surface area contributed by atoms with E-state index in [2.05, 4.69) is 24.0 Å². The van der Waals surface area contributed by atoms with Crippen LogP contribution in [-0.4, -0.2) is 21.4 Å². The van der Waals surface area contributed by atoms with Gasteiger partial charge in [0, 0.05) is 5.92 Å². The van der Waals surface area contributed by atoms with Crippen molar-refractivity contribution >= 4 is 0 Å². The van der Waals surface area contributed by atoms with Crippen LogP contribution in [0.1, 0.15) is 76.4 Å². The van der Waals surface area contributed by atoms with Crippen molar-refractivity contribution in [3.05, 3.63) is 11.7 Å². The van der Waals surface area contributed by atoms with Crippen molar-refractivity contribution in [3.8, 4) is 0 Å². The summed E-state index contributed by atoms with van der Waals surface area (Å²) in [5.41, 5.74) is 0. The summed E-state index contributed by atoms with van der Waals surface area (Å²) >= 11 is 0. The van der Waals surface area contributed by atoms with Crippen molar-refractivity contribution in [2.45, 2.75) is 70.8 Å². The molecule has 102 valence electrons. The molecule has 2 rings (SSSR count). The first kappa shape index (κ1) is 13.5. The zero-order valence-corrected chi connectivity index (χ0v) is 11.6. The fourth-order valence-electron chi connectivity index (χ4n) is 2.96. The minimum absolute atomic E-state index is 0.0603. The van der Waals surface area contributed by atoms with E-state index >= 15 is 0 Å². The molecule has 4 nitrogen and oxygen atoms in total. The van der Waals surface area contributed by atoms with Gasteiger partial charge in [-0.15, -0.1) is 0 Å². The lowest BCUT2D eigenvalue weighted by molar-refractivity contribution is 0.120. The van der Waals surface area contributed by atoms with Crippen LogP contribution in [0.2, 0.25) is 0 Å². The summed E-state index contributed by atoms with van der Waals surface area (Å²) in [5, 5.41) is 14.0. The average molecular weight is 252 g/mol. The van der Waals surface area contributed by atoms with Crippen LogP contribution in [-0.2, 0) is 0 Å². The molecule has 0 aliphatic heterocycles. The molecule has 0 aromatic carbocycles. The standard InChI is InChI=1S/C14H24N2O2/c1-9(2)12(10(3)17)14-15-13(16-18-14)11-7-5-4-6-8-11/h9-12,17H,4-8H2,1-3H3. The summed E-state index contributed by atoms with van der Waals surface area (Å²) in [6.45, 7) is 5.93. The smallest absolute Gasteiger partial charge is 0.232 e. The minimum Gasteiger partial charge on any atom is -0.393 e. The molecule has 1 aliphatic carbocycles. The van der Waals surface area contributed by atoms with Crippen molar-refractivity contribution in [1.29, 1.82) is 0 Å². The van der Waals surface area contributed by atoms with Crippen LogP contribution in [0.5, 0.6) is 0 Å². The Bertz CT molecular complexity index is 360. The molecule has 0 amide bonds. The van der Waals surface area contributed by atoms with Gasteiger partial charge in [0.1, 0.15) is 0 Å². The number of hydrogen-bond acceptors (Lipinski definition) is 4. The summed E-state index contributed by atoms with van der Waals surface area (Å²) in [6, 6.07) is 0. The van der Waals surface area contributed by atoms with Crippen LogP contribution in [0.3, 0.4) is 0 Å². The van der Waals surface area contributed by atoms with Gasteiger partial charge in [-0.1, -0.05) is 38.3 Å². The molecule has 1 aliphatic rings. The summed E-state index contributed by atoms with van der Waals surface area (Å²) < 4.78 is 5.38. The maximum Gasteiger partial charge on any atom is 0.232 e. The fourth-order valence-corrected chi connectivity index (χ4v) is 2.96. The molecule has 0 radical (unpaired) electrons. The Kier molecular flexibility index (Phi) is 4.38. The summed E-state index contributed by atoms with van der Waals surface area (Å²) in [5.74, 6) is 2.13. The van der Waals surface area contributed by atoms with Crippen molar-refractivity contribution in [2.24, 2.45) is 5.92 Å². The van der Waals surface area contributed by atoms with E-state index in [0.717, 1.165) is 5.82 Å². The topological polar surface area (TPSA) is 59.2 Å². The van der Waals surface area contributed by atoms with E-state index in [1.807, 2.05) is 0 Å². The Morgan fingerprint density at radius 3 is 2.39 bits per heavy atom. The van der Waals surface area contributed by atoms with E-state index in [-0.39, 0.29) is 5.92 Å². The summed E-state index contributed by atoms with van der Waals surface area (Å²) in [7, 11) is 0. The highest BCUT2D eigenvalue weighted by Crippen LogP contribution is 2.33. The average Bonchev–Trinajstić information content (AvgIpc) is 2.78. The van der Waals surface area contributed by atoms with Crippen LogP contribution in [0.15, 0.2) is 4.52 Å². The molecule has 1 saturated carbocycles. The van der Waals surface area contributed by atoms with E-state index in [0.29, 0.717) is 17.7 Å². The van der Waals surface area contributed by atoms with Crippen molar-refractivity contribution in [1.82, 2.24) is 10.1 Å². The molecule has 1 aromatic rings. The second-order valence-electron chi connectivity index (χ2n) is 5.84. The molecule has 0 spiro atoms. The second kappa shape index (κ2) is 5.83. The highest BCUT2D eigenvalue weighted by Gasteiger charge is 2.29. The Morgan fingerprint density at radius 2 is 1.83 bits per heavy atom. The lowest BCUT2D eigenvalue weighted by Crippen LogP contribution is -2.20. The number of hydrogen-bond donors (Lipinski definition) is 1. The summed E-state index contributed by atoms with van der Waals surface area (Å²) in [4.78, 5) is 4.54. The molecule has 4 heteroatoms. The third kappa shape index (κ3) is 2.91. The van der Waals surface area contributed by atoms with Gasteiger partial charge in [0.15, 0.2) is 5.82 Å². The molecule has 1 N–H and O–H groups in total. The molecule has 1 fully saturated rings. The van der Waals surface area contributed by atoms with Crippen LogP contribution in [0, 0.1) is 5.92 Å². The van der Waals surface area contributed by atoms with Gasteiger partial charge in [0.25, 0.3) is 0 Å². The molecule has 2 atom stereocenters. The van der Waals surface area contributed by atoms with E-state index in [1.54, 1.807) is 6.92 Å². The molecular formula is C14H24N2O2. The molecular weight excluding hydrogens is 228 g/mol. The molecule has 18 heavy (non-hydrogen) atoms. The highest BCUT2D eigenvalue weighted by molar-refractivity contribution is 5.02. The maximum atomic E-state index is 9.83. The Labute approximate surface area is 109 Å². The van der Waals surface area contributed by atoms with E-state index in [9.17, 15) is 5.11 Å². The van der Waals surface area contributed by atoms with Crippen molar-refractivity contribution in [3.63, 3.8) is 0 Å². The van der Waals surface area contributed by atoms with Crippen molar-refractivity contribution in [2.75, 3.05) is 0 Å². The van der Waals surface area contributed by atoms with Crippen LogP contribution in [0.4, 0.5) is 0 Å². The number of rotatable bonds is 4. The molecule has 1 heterocycles. The summed E-state index contributed by atoms with van der Waals surface area (Å²) in [6.07, 6.45) is 5.73. The Balaban J connectivity index is 2.13. The first-order valence-electron chi connectivity index (χ1n) is 7.11. The number of aromatic nitrogens is 2. The third-order valence-corrected chi connectivity index (χ3v) is 3.95. The van der Waals surface area contributed by atoms with E-state index in [4.69, 9.17) is 4.52 Å². The lowest BCUT2D eigenvalue weighted by atomic mass is 9.88. The quantitative estimate of drug-likeness (QED) is 0.893. The van der Waals surface area contributed by atoms with Gasteiger partial charge in [0.05, 0.1) is 12.0 Å². The number of aliphatic hydroxyl groups excluding tert-OH is 1. The van der Waals surface area contributed by atoms with Gasteiger partial charge in [-0.05, 0) is 25.7 Å². The van der Waals surface area contributed by atoms with Gasteiger partial charge >= 0.3 is 0 Å². The predicted molar refractivity (Wildman–Crippen MR) is 69.4 cm³/mol. The maximum absolute atomic E-state index is 9.83. The fraction of sp³-hybridized carbons (Fsp3) is 0.857. The molecule has 0 saturated heterocycles. The first-order valence-corrected chi connectivity index (χ1v) is 7.11. The number of aliphatic hydroxyl groups is 1. The van der Waals surface area contributed by atoms with Gasteiger partial charge < -0.3 is 9.63 Å². The molecule has 1 aromatic heterocycles. The molecule has 0 bridgehead atoms. The Morgan fingerprint density at radius 1 is 1.17 bits per heavy atom. The SMILES string of the molecule is CC(C)C(c1nc(C2CCCCC2)no1)C(C)O. The zero-order chi connectivity index (χ0) is 13.1. The van der Waals surface area contributed by atoms with Crippen LogP contribution in [0.25, 0.3) is 0 Å². The van der Waals surface area contributed by atoms with Crippen LogP contribution >= 0.6 is 0 Å². The number of nitrogens with zero attached hydrogens (tertiary/aromatic N) is 2. The van der Waals surface area contributed by atoms with Gasteiger partial charge in [-0.25, -0.2) is 0 Å². The first-order chi connectivity index (χ1) is 8.59. The monoisotopic (exact) mass is 252 g/mol. The largest absolute Gasteiger partial charge is 0.393 e. The van der Waals surface area contributed by atoms with E-state index < -0.39 is 6.10 Å². The van der Waals surface area contributed by atoms with E-state index in [1.165, 1.54) is 32.1 Å². The normalized spacial score (nSPS) is 21.2. The second-order valence-corrected chi connectivity index (χ2v) is 5.84. The zero-order valence-electron chi connectivity index (χ0n) is 11.6. The lowest BCUT2D eigenvalue weighted by Gasteiger charge is -2.20. The third-order valence-electron chi connectivity index (χ3n) is 3.95. The Hall–Kier alpha value is -0.900. The van der Waals surface area contributed by atoms with Gasteiger partial charge in [0.2, 0.25) is 5.89 Å². The van der Waals surface area contributed by atoms with Crippen molar-refractivity contribution < 1.29 is 9.63 Å². The predicted octanol–water partition coefficient (Wildman–Crippen LogP) is 3.24. The van der Waals surface area contributed by atoms with Gasteiger partial charge in [-0.2, -0.15) is 4.98 Å². The molecule has 2 unspecified atom stereocenters. The van der Waals surface area contributed by atoms with Crippen LogP contribution < -0.4 is 0 Å². The highest BCUT2D eigenvalue weighted by atomic mass is 16.5.